The number of aryl methyl sites for hydroxylation is 1. The Bertz CT molecular complexity index is 1010. The Morgan fingerprint density at radius 3 is 2.26 bits per heavy atom. The second kappa shape index (κ2) is 9.27. The lowest BCUT2D eigenvalue weighted by Crippen LogP contribution is -2.44. The summed E-state index contributed by atoms with van der Waals surface area (Å²) in [5.74, 6) is 0.495. The molecule has 1 aliphatic heterocycles. The van der Waals surface area contributed by atoms with Gasteiger partial charge in [-0.1, -0.05) is 23.8 Å². The Morgan fingerprint density at radius 1 is 0.968 bits per heavy atom. The van der Waals surface area contributed by atoms with E-state index in [0.29, 0.717) is 17.8 Å². The largest absolute Gasteiger partial charge is 0.354 e. The molecule has 0 saturated carbocycles. The minimum atomic E-state index is -0.329. The van der Waals surface area contributed by atoms with Crippen molar-refractivity contribution in [1.29, 1.82) is 0 Å². The normalized spacial score (nSPS) is 14.5. The van der Waals surface area contributed by atoms with Crippen molar-refractivity contribution in [2.24, 2.45) is 0 Å². The van der Waals surface area contributed by atoms with Gasteiger partial charge in [-0.15, -0.1) is 0 Å². The molecule has 1 fully saturated rings. The molecular weight excluding hydrogens is 391 g/mol. The van der Waals surface area contributed by atoms with Crippen LogP contribution in [-0.4, -0.2) is 49.0 Å². The van der Waals surface area contributed by atoms with Crippen LogP contribution in [0.1, 0.15) is 21.5 Å². The molecule has 160 valence electrons. The average molecular weight is 419 g/mol. The van der Waals surface area contributed by atoms with E-state index in [1.54, 1.807) is 17.0 Å². The number of hydrogen-bond acceptors (Lipinski definition) is 4. The number of hydrogen-bond donors (Lipinski definition) is 0. The van der Waals surface area contributed by atoms with Gasteiger partial charge in [0.2, 0.25) is 0 Å². The average Bonchev–Trinajstić information content (AvgIpc) is 2.79. The van der Waals surface area contributed by atoms with Crippen molar-refractivity contribution in [3.8, 4) is 0 Å². The highest BCUT2D eigenvalue weighted by atomic mass is 19.1. The number of carbonyl (C=O) groups excluding carboxylic acids is 1. The topological polar surface area (TPSA) is 39.7 Å². The van der Waals surface area contributed by atoms with Crippen LogP contribution < -0.4 is 9.80 Å². The Balaban J connectivity index is 1.56. The van der Waals surface area contributed by atoms with Gasteiger partial charge < -0.3 is 14.7 Å². The van der Waals surface area contributed by atoms with Crippen LogP contribution in [0.25, 0.3) is 0 Å². The van der Waals surface area contributed by atoms with Gasteiger partial charge in [0, 0.05) is 43.6 Å². The number of nitrogens with zero attached hydrogens (tertiary/aromatic N) is 4. The molecule has 2 heterocycles. The van der Waals surface area contributed by atoms with E-state index >= 15 is 0 Å². The highest BCUT2D eigenvalue weighted by molar-refractivity contribution is 6.06. The summed E-state index contributed by atoms with van der Waals surface area (Å²) in [4.78, 5) is 24.2. The van der Waals surface area contributed by atoms with Gasteiger partial charge in [-0.05, 0) is 62.0 Å². The Kier molecular flexibility index (Phi) is 6.28. The summed E-state index contributed by atoms with van der Waals surface area (Å²) in [6, 6.07) is 17.5. The fraction of sp³-hybridized carbons (Fsp3) is 0.280. The maximum atomic E-state index is 13.5. The fourth-order valence-electron chi connectivity index (χ4n) is 3.67. The second-order valence-corrected chi connectivity index (χ2v) is 8.05. The van der Waals surface area contributed by atoms with E-state index < -0.39 is 0 Å². The first-order valence-corrected chi connectivity index (χ1v) is 10.5. The zero-order valence-electron chi connectivity index (χ0n) is 18.0. The number of likely N-dealkylation sites (N-methyl/N-ethyl adjacent to an activating group) is 1. The van der Waals surface area contributed by atoms with Gasteiger partial charge in [0.05, 0.1) is 6.54 Å². The molecule has 1 aliphatic rings. The molecule has 3 aromatic rings. The molecular formula is C25H27FN4O. The van der Waals surface area contributed by atoms with Crippen molar-refractivity contribution in [1.82, 2.24) is 9.88 Å². The van der Waals surface area contributed by atoms with E-state index in [1.165, 1.54) is 12.1 Å². The Morgan fingerprint density at radius 2 is 1.65 bits per heavy atom. The molecule has 0 aliphatic carbocycles. The number of anilines is 2. The SMILES string of the molecule is Cc1ccc(C(=O)N(Cc2ccc(N3CCN(C)CC3)nc2)c2ccc(F)cc2)cc1. The Hall–Kier alpha value is -3.25. The predicted molar refractivity (Wildman–Crippen MR) is 122 cm³/mol. The molecule has 31 heavy (non-hydrogen) atoms. The van der Waals surface area contributed by atoms with Gasteiger partial charge in [0.1, 0.15) is 11.6 Å². The molecule has 0 unspecified atom stereocenters. The number of benzene rings is 2. The van der Waals surface area contributed by atoms with Gasteiger partial charge in [0.15, 0.2) is 0 Å². The maximum absolute atomic E-state index is 13.5. The van der Waals surface area contributed by atoms with Crippen LogP contribution in [0.5, 0.6) is 0 Å². The van der Waals surface area contributed by atoms with Crippen molar-refractivity contribution in [3.63, 3.8) is 0 Å². The molecule has 0 N–H and O–H groups in total. The quantitative estimate of drug-likeness (QED) is 0.625. The summed E-state index contributed by atoms with van der Waals surface area (Å²) < 4.78 is 13.5. The monoisotopic (exact) mass is 418 g/mol. The van der Waals surface area contributed by atoms with Gasteiger partial charge in [-0.2, -0.15) is 0 Å². The summed E-state index contributed by atoms with van der Waals surface area (Å²) in [5.41, 5.74) is 3.25. The maximum Gasteiger partial charge on any atom is 0.258 e. The predicted octanol–water partition coefficient (Wildman–Crippen LogP) is 4.13. The summed E-state index contributed by atoms with van der Waals surface area (Å²) in [6.45, 7) is 6.29. The highest BCUT2D eigenvalue weighted by Crippen LogP contribution is 2.22. The summed E-state index contributed by atoms with van der Waals surface area (Å²) >= 11 is 0. The molecule has 5 nitrogen and oxygen atoms in total. The molecule has 6 heteroatoms. The lowest BCUT2D eigenvalue weighted by molar-refractivity contribution is 0.0985. The van der Waals surface area contributed by atoms with Crippen LogP contribution in [0.15, 0.2) is 66.9 Å². The molecule has 1 saturated heterocycles. The molecule has 0 atom stereocenters. The summed E-state index contributed by atoms with van der Waals surface area (Å²) in [5, 5.41) is 0. The van der Waals surface area contributed by atoms with E-state index in [-0.39, 0.29) is 11.7 Å². The zero-order chi connectivity index (χ0) is 21.8. The molecule has 1 amide bonds. The van der Waals surface area contributed by atoms with E-state index in [9.17, 15) is 9.18 Å². The van der Waals surface area contributed by atoms with Crippen LogP contribution in [0.2, 0.25) is 0 Å². The first-order valence-electron chi connectivity index (χ1n) is 10.5. The van der Waals surface area contributed by atoms with Crippen molar-refractivity contribution < 1.29 is 9.18 Å². The second-order valence-electron chi connectivity index (χ2n) is 8.05. The van der Waals surface area contributed by atoms with Crippen molar-refractivity contribution in [2.45, 2.75) is 13.5 Å². The van der Waals surface area contributed by atoms with Crippen LogP contribution in [0.4, 0.5) is 15.9 Å². The third-order valence-corrected chi connectivity index (χ3v) is 5.66. The third-order valence-electron chi connectivity index (χ3n) is 5.66. The van der Waals surface area contributed by atoms with Gasteiger partial charge in [-0.3, -0.25) is 4.79 Å². The first-order chi connectivity index (χ1) is 15.0. The van der Waals surface area contributed by atoms with Crippen molar-refractivity contribution >= 4 is 17.4 Å². The van der Waals surface area contributed by atoms with E-state index in [4.69, 9.17) is 0 Å². The molecule has 1 aromatic heterocycles. The lowest BCUT2D eigenvalue weighted by atomic mass is 10.1. The van der Waals surface area contributed by atoms with Crippen molar-refractivity contribution in [3.05, 3.63) is 89.4 Å². The number of halogens is 1. The van der Waals surface area contributed by atoms with E-state index in [0.717, 1.165) is 43.1 Å². The minimum absolute atomic E-state index is 0.130. The summed E-state index contributed by atoms with van der Waals surface area (Å²) in [7, 11) is 2.13. The van der Waals surface area contributed by atoms with E-state index in [1.807, 2.05) is 49.5 Å². The third kappa shape index (κ3) is 5.09. The van der Waals surface area contributed by atoms with Crippen LogP contribution in [0, 0.1) is 12.7 Å². The molecule has 2 aromatic carbocycles. The minimum Gasteiger partial charge on any atom is -0.354 e. The number of rotatable bonds is 5. The molecule has 0 spiro atoms. The van der Waals surface area contributed by atoms with Crippen LogP contribution in [0.3, 0.4) is 0 Å². The van der Waals surface area contributed by atoms with Gasteiger partial charge in [0.25, 0.3) is 5.91 Å². The molecule has 4 rings (SSSR count). The number of amides is 1. The standard InChI is InChI=1S/C25H27FN4O/c1-19-3-6-21(7-4-19)25(31)30(23-10-8-22(26)9-11-23)18-20-5-12-24(27-17-20)29-15-13-28(2)14-16-29/h3-12,17H,13-16,18H2,1-2H3. The molecule has 0 bridgehead atoms. The number of aromatic nitrogens is 1. The highest BCUT2D eigenvalue weighted by Gasteiger charge is 2.19. The number of piperazine rings is 1. The Labute approximate surface area is 182 Å². The number of pyridine rings is 1. The van der Waals surface area contributed by atoms with Crippen LogP contribution >= 0.6 is 0 Å². The van der Waals surface area contributed by atoms with Gasteiger partial charge in [-0.25, -0.2) is 9.37 Å². The van der Waals surface area contributed by atoms with Crippen molar-refractivity contribution in [2.75, 3.05) is 43.0 Å². The summed E-state index contributed by atoms with van der Waals surface area (Å²) in [6.07, 6.45) is 1.83. The zero-order valence-corrected chi connectivity index (χ0v) is 18.0. The number of carbonyl (C=O) groups is 1. The fourth-order valence-corrected chi connectivity index (χ4v) is 3.67. The van der Waals surface area contributed by atoms with Gasteiger partial charge >= 0.3 is 0 Å². The smallest absolute Gasteiger partial charge is 0.258 e. The lowest BCUT2D eigenvalue weighted by Gasteiger charge is -2.33. The van der Waals surface area contributed by atoms with Crippen LogP contribution in [-0.2, 0) is 6.54 Å². The first kappa shape index (κ1) is 21.0. The molecule has 0 radical (unpaired) electrons. The van der Waals surface area contributed by atoms with E-state index in [2.05, 4.69) is 21.8 Å².